The molecule has 3 nitrogen and oxygen atoms in total. The highest BCUT2D eigenvalue weighted by atomic mass is 32.2. The molecule has 0 fully saturated rings. The number of nitrogen functional groups attached to an aromatic ring is 1. The number of nitrogens with zero attached hydrogens (tertiary/aromatic N) is 1. The maximum Gasteiger partial charge on any atom is 0.177 e. The van der Waals surface area contributed by atoms with Crippen LogP contribution in [-0.2, 0) is 5.75 Å². The van der Waals surface area contributed by atoms with Crippen molar-refractivity contribution in [2.45, 2.75) is 10.6 Å². The number of hydrogen-bond acceptors (Lipinski definition) is 5. The summed E-state index contributed by atoms with van der Waals surface area (Å²) >= 11 is 3.10. The Kier molecular flexibility index (Phi) is 3.75. The third kappa shape index (κ3) is 2.86. The van der Waals surface area contributed by atoms with Crippen LogP contribution in [0.1, 0.15) is 5.69 Å². The van der Waals surface area contributed by atoms with Gasteiger partial charge in [-0.25, -0.2) is 4.39 Å². The van der Waals surface area contributed by atoms with Gasteiger partial charge >= 0.3 is 0 Å². The molecule has 3 aromatic rings. The maximum absolute atomic E-state index is 13.3. The third-order valence-corrected chi connectivity index (χ3v) is 4.59. The predicted molar refractivity (Wildman–Crippen MR) is 80.2 cm³/mol. The number of benzene rings is 1. The lowest BCUT2D eigenvalue weighted by Gasteiger charge is -2.01. The first kappa shape index (κ1) is 13.2. The van der Waals surface area contributed by atoms with Crippen LogP contribution in [0.3, 0.4) is 0 Å². The van der Waals surface area contributed by atoms with Gasteiger partial charge in [0.05, 0.1) is 16.3 Å². The molecule has 20 heavy (non-hydrogen) atoms. The largest absolute Gasteiger partial charge is 0.396 e. The van der Waals surface area contributed by atoms with Crippen molar-refractivity contribution in [1.29, 1.82) is 0 Å². The lowest BCUT2D eigenvalue weighted by Crippen LogP contribution is -1.90. The Bertz CT molecular complexity index is 710. The first-order valence-corrected chi connectivity index (χ1v) is 7.76. The zero-order chi connectivity index (χ0) is 13.9. The number of rotatable bonds is 4. The molecule has 0 saturated carbocycles. The second-order valence-electron chi connectivity index (χ2n) is 4.13. The fraction of sp³-hybridized carbons (Fsp3) is 0.0714. The SMILES string of the molecule is Nc1ccc(SCc2cc(-c3cccs3)on2)cc1F. The molecule has 3 rings (SSSR count). The zero-order valence-electron chi connectivity index (χ0n) is 10.4. The van der Waals surface area contributed by atoms with Gasteiger partial charge in [-0.2, -0.15) is 0 Å². The van der Waals surface area contributed by atoms with Crippen LogP contribution < -0.4 is 5.73 Å². The normalized spacial score (nSPS) is 10.8. The molecule has 0 spiro atoms. The number of thioether (sulfide) groups is 1. The predicted octanol–water partition coefficient (Wildman–Crippen LogP) is 4.42. The van der Waals surface area contributed by atoms with E-state index in [0.717, 1.165) is 21.2 Å². The zero-order valence-corrected chi connectivity index (χ0v) is 12.0. The Balaban J connectivity index is 1.68. The first-order chi connectivity index (χ1) is 9.72. The molecular weight excluding hydrogens is 295 g/mol. The van der Waals surface area contributed by atoms with E-state index in [4.69, 9.17) is 10.3 Å². The van der Waals surface area contributed by atoms with Crippen LogP contribution in [0.2, 0.25) is 0 Å². The smallest absolute Gasteiger partial charge is 0.177 e. The van der Waals surface area contributed by atoms with E-state index in [1.54, 1.807) is 23.5 Å². The molecule has 2 heterocycles. The van der Waals surface area contributed by atoms with E-state index in [-0.39, 0.29) is 5.69 Å². The van der Waals surface area contributed by atoms with Crippen LogP contribution in [0, 0.1) is 5.82 Å². The van der Waals surface area contributed by atoms with Crippen LogP contribution >= 0.6 is 23.1 Å². The van der Waals surface area contributed by atoms with Crippen molar-refractivity contribution in [2.24, 2.45) is 0 Å². The van der Waals surface area contributed by atoms with Gasteiger partial charge in [-0.05, 0) is 29.6 Å². The van der Waals surface area contributed by atoms with Crippen LogP contribution in [0.5, 0.6) is 0 Å². The molecular formula is C14H11FN2OS2. The van der Waals surface area contributed by atoms with Gasteiger partial charge in [0.25, 0.3) is 0 Å². The molecule has 1 aromatic carbocycles. The van der Waals surface area contributed by atoms with Crippen LogP contribution in [0.4, 0.5) is 10.1 Å². The molecule has 0 aliphatic carbocycles. The number of halogens is 1. The van der Waals surface area contributed by atoms with Crippen molar-refractivity contribution in [3.05, 3.63) is 53.3 Å². The van der Waals surface area contributed by atoms with E-state index < -0.39 is 5.82 Å². The molecule has 0 saturated heterocycles. The molecule has 0 unspecified atom stereocenters. The summed E-state index contributed by atoms with van der Waals surface area (Å²) in [7, 11) is 0. The van der Waals surface area contributed by atoms with E-state index in [1.165, 1.54) is 17.8 Å². The molecule has 0 aliphatic rings. The summed E-state index contributed by atoms with van der Waals surface area (Å²) in [6.07, 6.45) is 0. The highest BCUT2D eigenvalue weighted by Crippen LogP contribution is 2.29. The average Bonchev–Trinajstić information content (AvgIpc) is 3.09. The highest BCUT2D eigenvalue weighted by molar-refractivity contribution is 7.98. The van der Waals surface area contributed by atoms with Crippen molar-refractivity contribution in [1.82, 2.24) is 5.16 Å². The molecule has 0 amide bonds. The fourth-order valence-corrected chi connectivity index (χ4v) is 3.14. The van der Waals surface area contributed by atoms with E-state index in [2.05, 4.69) is 5.16 Å². The molecule has 6 heteroatoms. The molecule has 0 radical (unpaired) electrons. The van der Waals surface area contributed by atoms with Crippen LogP contribution in [-0.4, -0.2) is 5.16 Å². The number of nitrogens with two attached hydrogens (primary N) is 1. The number of aromatic nitrogens is 1. The summed E-state index contributed by atoms with van der Waals surface area (Å²) in [6.45, 7) is 0. The van der Waals surface area contributed by atoms with Gasteiger partial charge in [0.15, 0.2) is 5.76 Å². The monoisotopic (exact) mass is 306 g/mol. The topological polar surface area (TPSA) is 52.0 Å². The lowest BCUT2D eigenvalue weighted by molar-refractivity contribution is 0.427. The van der Waals surface area contributed by atoms with Crippen molar-refractivity contribution in [3.8, 4) is 10.6 Å². The number of thiophene rings is 1. The third-order valence-electron chi connectivity index (χ3n) is 2.68. The number of anilines is 1. The maximum atomic E-state index is 13.3. The standard InChI is InChI=1S/C14H11FN2OS2/c15-11-7-10(3-4-12(11)16)20-8-9-6-13(18-17-9)14-2-1-5-19-14/h1-7H,8,16H2. The first-order valence-electron chi connectivity index (χ1n) is 5.89. The summed E-state index contributed by atoms with van der Waals surface area (Å²) in [6, 6.07) is 10.7. The summed E-state index contributed by atoms with van der Waals surface area (Å²) in [4.78, 5) is 1.87. The second kappa shape index (κ2) is 5.68. The average molecular weight is 306 g/mol. The lowest BCUT2D eigenvalue weighted by atomic mass is 10.3. The van der Waals surface area contributed by atoms with E-state index in [1.807, 2.05) is 23.6 Å². The number of hydrogen-bond donors (Lipinski definition) is 1. The summed E-state index contributed by atoms with van der Waals surface area (Å²) < 4.78 is 18.6. The van der Waals surface area contributed by atoms with Gasteiger partial charge in [-0.15, -0.1) is 23.1 Å². The molecule has 102 valence electrons. The van der Waals surface area contributed by atoms with Crippen molar-refractivity contribution in [2.75, 3.05) is 5.73 Å². The molecule has 0 bridgehead atoms. The van der Waals surface area contributed by atoms with Gasteiger partial charge in [-0.1, -0.05) is 11.2 Å². The van der Waals surface area contributed by atoms with Gasteiger partial charge in [0.2, 0.25) is 0 Å². The Labute approximate surface area is 123 Å². The van der Waals surface area contributed by atoms with Crippen molar-refractivity contribution < 1.29 is 8.91 Å². The Morgan fingerprint density at radius 1 is 1.30 bits per heavy atom. The minimum absolute atomic E-state index is 0.163. The highest BCUT2D eigenvalue weighted by Gasteiger charge is 2.08. The molecule has 2 aromatic heterocycles. The van der Waals surface area contributed by atoms with Crippen LogP contribution in [0.25, 0.3) is 10.6 Å². The Hall–Kier alpha value is -1.79. The molecule has 0 atom stereocenters. The minimum atomic E-state index is -0.394. The van der Waals surface area contributed by atoms with E-state index >= 15 is 0 Å². The molecule has 0 aliphatic heterocycles. The summed E-state index contributed by atoms with van der Waals surface area (Å²) in [5.74, 6) is 0.992. The van der Waals surface area contributed by atoms with E-state index in [0.29, 0.717) is 5.75 Å². The minimum Gasteiger partial charge on any atom is -0.396 e. The van der Waals surface area contributed by atoms with Gasteiger partial charge in [0, 0.05) is 16.7 Å². The Morgan fingerprint density at radius 3 is 2.95 bits per heavy atom. The Morgan fingerprint density at radius 2 is 2.20 bits per heavy atom. The summed E-state index contributed by atoms with van der Waals surface area (Å²) in [5.41, 5.74) is 6.44. The van der Waals surface area contributed by atoms with E-state index in [9.17, 15) is 4.39 Å². The van der Waals surface area contributed by atoms with Gasteiger partial charge in [-0.3, -0.25) is 0 Å². The summed E-state index contributed by atoms with van der Waals surface area (Å²) in [5, 5.41) is 6.01. The quantitative estimate of drug-likeness (QED) is 0.573. The second-order valence-corrected chi connectivity index (χ2v) is 6.13. The fourth-order valence-electron chi connectivity index (χ4n) is 1.67. The van der Waals surface area contributed by atoms with Crippen LogP contribution in [0.15, 0.2) is 51.2 Å². The van der Waals surface area contributed by atoms with Gasteiger partial charge in [0.1, 0.15) is 5.82 Å². The van der Waals surface area contributed by atoms with Crippen molar-refractivity contribution in [3.63, 3.8) is 0 Å². The van der Waals surface area contributed by atoms with Gasteiger partial charge < -0.3 is 10.3 Å². The molecule has 2 N–H and O–H groups in total. The van der Waals surface area contributed by atoms with Crippen molar-refractivity contribution >= 4 is 28.8 Å².